The van der Waals surface area contributed by atoms with E-state index in [1.165, 1.54) is 39.9 Å². The minimum atomic E-state index is -0.588. The number of nitrogens with one attached hydrogen (secondary N) is 2. The predicted octanol–water partition coefficient (Wildman–Crippen LogP) is 1.96. The van der Waals surface area contributed by atoms with E-state index in [1.54, 1.807) is 13.0 Å². The number of aromatic amines is 1. The molecule has 1 aliphatic heterocycles. The van der Waals surface area contributed by atoms with Gasteiger partial charge in [0.2, 0.25) is 17.8 Å². The van der Waals surface area contributed by atoms with Crippen molar-refractivity contribution in [3.05, 3.63) is 64.0 Å². The summed E-state index contributed by atoms with van der Waals surface area (Å²) in [5.74, 6) is -1.01. The van der Waals surface area contributed by atoms with Crippen molar-refractivity contribution >= 4 is 23.3 Å². The molecule has 160 valence electrons. The Morgan fingerprint density at radius 2 is 2.00 bits per heavy atom. The second-order valence-electron chi connectivity index (χ2n) is 7.37. The van der Waals surface area contributed by atoms with E-state index in [0.29, 0.717) is 29.3 Å². The third-order valence-corrected chi connectivity index (χ3v) is 5.06. The normalized spacial score (nSPS) is 16.0. The second-order valence-corrected chi connectivity index (χ2v) is 7.37. The van der Waals surface area contributed by atoms with E-state index in [1.807, 2.05) is 6.92 Å². The van der Waals surface area contributed by atoms with Crippen LogP contribution < -0.4 is 15.8 Å². The molecular weight excluding hydrogens is 403 g/mol. The number of benzene rings is 1. The number of hydrogen-bond donors (Lipinski definition) is 2. The lowest BCUT2D eigenvalue weighted by atomic mass is 10.1. The highest BCUT2D eigenvalue weighted by Gasteiger charge is 2.35. The highest BCUT2D eigenvalue weighted by Crippen LogP contribution is 2.26. The summed E-state index contributed by atoms with van der Waals surface area (Å²) in [7, 11) is 0. The molecule has 1 saturated heterocycles. The smallest absolute Gasteiger partial charge is 0.252 e. The van der Waals surface area contributed by atoms with Gasteiger partial charge in [0, 0.05) is 36.5 Å². The molecule has 2 amide bonds. The zero-order valence-electron chi connectivity index (χ0n) is 17.1. The summed E-state index contributed by atoms with van der Waals surface area (Å²) in [6.45, 7) is 3.82. The second kappa shape index (κ2) is 8.13. The number of carbonyl (C=O) groups is 2. The summed E-state index contributed by atoms with van der Waals surface area (Å²) < 4.78 is 14.5. The van der Waals surface area contributed by atoms with Crippen LogP contribution in [0.1, 0.15) is 24.7 Å². The van der Waals surface area contributed by atoms with Gasteiger partial charge in [-0.1, -0.05) is 6.92 Å². The monoisotopic (exact) mass is 424 g/mol. The van der Waals surface area contributed by atoms with Crippen molar-refractivity contribution in [1.29, 1.82) is 0 Å². The first-order valence-electron chi connectivity index (χ1n) is 9.88. The van der Waals surface area contributed by atoms with Gasteiger partial charge in [-0.2, -0.15) is 9.78 Å². The van der Waals surface area contributed by atoms with E-state index in [2.05, 4.69) is 20.4 Å². The van der Waals surface area contributed by atoms with E-state index in [9.17, 15) is 18.8 Å². The molecule has 3 heterocycles. The summed E-state index contributed by atoms with van der Waals surface area (Å²) in [6.07, 6.45) is 0.610. The number of H-pyrrole nitrogens is 1. The Labute approximate surface area is 176 Å². The molecule has 4 rings (SSSR count). The lowest BCUT2D eigenvalue weighted by molar-refractivity contribution is -0.122. The van der Waals surface area contributed by atoms with Crippen molar-refractivity contribution in [1.82, 2.24) is 19.7 Å². The number of nitrogens with zero attached hydrogens (tertiary/aromatic N) is 4. The molecule has 0 bridgehead atoms. The van der Waals surface area contributed by atoms with Crippen molar-refractivity contribution in [3.8, 4) is 5.95 Å². The van der Waals surface area contributed by atoms with Gasteiger partial charge in [0.25, 0.3) is 5.56 Å². The third-order valence-electron chi connectivity index (χ3n) is 5.06. The highest BCUT2D eigenvalue weighted by molar-refractivity contribution is 6.03. The fourth-order valence-corrected chi connectivity index (χ4v) is 3.51. The third kappa shape index (κ3) is 4.23. The Balaban J connectivity index is 1.55. The van der Waals surface area contributed by atoms with Crippen molar-refractivity contribution in [2.24, 2.45) is 5.92 Å². The molecule has 2 N–H and O–H groups in total. The SMILES string of the molecule is CCc1cc(=O)[nH]c(-n2nc(C)cc2NC(=O)[C@@H]2CC(=O)N(c3ccc(F)cc3)C2)n1. The molecule has 3 aromatic rings. The van der Waals surface area contributed by atoms with E-state index >= 15 is 0 Å². The first-order valence-corrected chi connectivity index (χ1v) is 9.88. The maximum Gasteiger partial charge on any atom is 0.252 e. The van der Waals surface area contributed by atoms with Crippen LogP contribution in [-0.2, 0) is 16.0 Å². The Bertz CT molecular complexity index is 1200. The van der Waals surface area contributed by atoms with Crippen LogP contribution in [-0.4, -0.2) is 38.1 Å². The standard InChI is InChI=1S/C21H21FN6O3/c1-3-15-10-18(29)25-21(23-15)28-17(8-12(2)26-28)24-20(31)13-9-19(30)27(11-13)16-6-4-14(22)5-7-16/h4-8,10,13H,3,9,11H2,1-2H3,(H,24,31)(H,23,25,29)/t13-/m1/s1. The average molecular weight is 424 g/mol. The maximum absolute atomic E-state index is 13.2. The fourth-order valence-electron chi connectivity index (χ4n) is 3.51. The van der Waals surface area contributed by atoms with Gasteiger partial charge in [-0.25, -0.2) is 9.37 Å². The average Bonchev–Trinajstić information content (AvgIpc) is 3.30. The molecule has 1 fully saturated rings. The van der Waals surface area contributed by atoms with E-state index < -0.39 is 11.7 Å². The zero-order valence-corrected chi connectivity index (χ0v) is 17.1. The molecule has 31 heavy (non-hydrogen) atoms. The molecule has 9 nitrogen and oxygen atoms in total. The van der Waals surface area contributed by atoms with Gasteiger partial charge < -0.3 is 10.2 Å². The van der Waals surface area contributed by atoms with Crippen LogP contribution in [0.5, 0.6) is 0 Å². The Morgan fingerprint density at radius 3 is 2.71 bits per heavy atom. The van der Waals surface area contributed by atoms with E-state index in [-0.39, 0.29) is 36.3 Å². The highest BCUT2D eigenvalue weighted by atomic mass is 19.1. The zero-order chi connectivity index (χ0) is 22.1. The number of hydrogen-bond acceptors (Lipinski definition) is 5. The van der Waals surface area contributed by atoms with Gasteiger partial charge in [-0.15, -0.1) is 0 Å². The van der Waals surface area contributed by atoms with Crippen LogP contribution >= 0.6 is 0 Å². The predicted molar refractivity (Wildman–Crippen MR) is 112 cm³/mol. The number of aryl methyl sites for hydroxylation is 2. The lowest BCUT2D eigenvalue weighted by Gasteiger charge is -2.16. The van der Waals surface area contributed by atoms with Crippen molar-refractivity contribution in [2.45, 2.75) is 26.7 Å². The first-order chi connectivity index (χ1) is 14.8. The van der Waals surface area contributed by atoms with Gasteiger partial charge in [-0.05, 0) is 37.6 Å². The van der Waals surface area contributed by atoms with Gasteiger partial charge in [0.05, 0.1) is 11.6 Å². The molecule has 0 radical (unpaired) electrons. The number of aromatic nitrogens is 4. The summed E-state index contributed by atoms with van der Waals surface area (Å²) in [4.78, 5) is 45.7. The molecule has 0 unspecified atom stereocenters. The minimum Gasteiger partial charge on any atom is -0.312 e. The van der Waals surface area contributed by atoms with Crippen molar-refractivity contribution in [3.63, 3.8) is 0 Å². The van der Waals surface area contributed by atoms with Crippen LogP contribution in [0.15, 0.2) is 41.2 Å². The van der Waals surface area contributed by atoms with Crippen molar-refractivity contribution in [2.75, 3.05) is 16.8 Å². The summed E-state index contributed by atoms with van der Waals surface area (Å²) >= 11 is 0. The van der Waals surface area contributed by atoms with Crippen LogP contribution in [0, 0.1) is 18.7 Å². The van der Waals surface area contributed by atoms with Gasteiger partial charge in [-0.3, -0.25) is 19.4 Å². The van der Waals surface area contributed by atoms with Crippen molar-refractivity contribution < 1.29 is 14.0 Å². The van der Waals surface area contributed by atoms with Crippen LogP contribution in [0.3, 0.4) is 0 Å². The van der Waals surface area contributed by atoms with Gasteiger partial charge in [0.15, 0.2) is 0 Å². The number of carbonyl (C=O) groups excluding carboxylic acids is 2. The summed E-state index contributed by atoms with van der Waals surface area (Å²) in [5, 5.41) is 7.11. The molecule has 2 aromatic heterocycles. The number of anilines is 2. The fraction of sp³-hybridized carbons (Fsp3) is 0.286. The quantitative estimate of drug-likeness (QED) is 0.650. The molecular formula is C21H21FN6O3. The van der Waals surface area contributed by atoms with E-state index in [0.717, 1.165) is 0 Å². The molecule has 1 aromatic carbocycles. The molecule has 0 aliphatic carbocycles. The number of halogens is 1. The van der Waals surface area contributed by atoms with E-state index in [4.69, 9.17) is 0 Å². The molecule has 1 aliphatic rings. The Morgan fingerprint density at radius 1 is 1.26 bits per heavy atom. The maximum atomic E-state index is 13.2. The first kappa shape index (κ1) is 20.5. The molecule has 10 heteroatoms. The molecule has 0 saturated carbocycles. The summed E-state index contributed by atoms with van der Waals surface area (Å²) in [5.41, 5.74) is 1.44. The van der Waals surface area contributed by atoms with Crippen LogP contribution in [0.4, 0.5) is 15.9 Å². The Kier molecular flexibility index (Phi) is 5.37. The number of rotatable bonds is 5. The van der Waals surface area contributed by atoms with Gasteiger partial charge >= 0.3 is 0 Å². The van der Waals surface area contributed by atoms with Gasteiger partial charge in [0.1, 0.15) is 11.6 Å². The molecule has 0 spiro atoms. The summed E-state index contributed by atoms with van der Waals surface area (Å²) in [6, 6.07) is 8.63. The largest absolute Gasteiger partial charge is 0.312 e. The molecule has 1 atom stereocenters. The van der Waals surface area contributed by atoms with Crippen LogP contribution in [0.25, 0.3) is 5.95 Å². The topological polar surface area (TPSA) is 113 Å². The van der Waals surface area contributed by atoms with Crippen LogP contribution in [0.2, 0.25) is 0 Å². The Hall–Kier alpha value is -3.82. The number of amides is 2. The minimum absolute atomic E-state index is 0.0384. The lowest BCUT2D eigenvalue weighted by Crippen LogP contribution is -2.29.